The van der Waals surface area contributed by atoms with E-state index in [1.807, 2.05) is 38.1 Å². The summed E-state index contributed by atoms with van der Waals surface area (Å²) in [7, 11) is 1.55. The minimum absolute atomic E-state index is 0.143. The number of hydrogen-bond donors (Lipinski definition) is 1. The van der Waals surface area contributed by atoms with Gasteiger partial charge in [-0.2, -0.15) is 0 Å². The lowest BCUT2D eigenvalue weighted by molar-refractivity contribution is 0.199. The number of benzene rings is 3. The fourth-order valence-electron chi connectivity index (χ4n) is 3.88. The van der Waals surface area contributed by atoms with E-state index in [-0.39, 0.29) is 11.2 Å². The number of hydrogen-bond acceptors (Lipinski definition) is 3. The number of halogens is 2. The van der Waals surface area contributed by atoms with Crippen LogP contribution in [0.2, 0.25) is 0 Å². The summed E-state index contributed by atoms with van der Waals surface area (Å²) < 4.78 is 28.8. The SMILES string of the molecule is CCC(c1nc2ccccc2c(=O)n1-c1ccc(C)cc1)N(C)C(=O)Nc1ccc(F)cc1F. The van der Waals surface area contributed by atoms with Crippen LogP contribution in [-0.4, -0.2) is 27.5 Å². The largest absolute Gasteiger partial charge is 0.322 e. The Kier molecular flexibility index (Phi) is 6.40. The quantitative estimate of drug-likeness (QED) is 0.421. The molecule has 0 radical (unpaired) electrons. The fourth-order valence-corrected chi connectivity index (χ4v) is 3.88. The van der Waals surface area contributed by atoms with Gasteiger partial charge in [0, 0.05) is 13.1 Å². The second-order valence-corrected chi connectivity index (χ2v) is 8.05. The molecule has 0 fully saturated rings. The van der Waals surface area contributed by atoms with E-state index in [1.54, 1.807) is 31.3 Å². The monoisotopic (exact) mass is 462 g/mol. The van der Waals surface area contributed by atoms with Crippen molar-refractivity contribution < 1.29 is 13.6 Å². The first-order valence-electron chi connectivity index (χ1n) is 10.9. The van der Waals surface area contributed by atoms with Crippen LogP contribution in [0.5, 0.6) is 0 Å². The van der Waals surface area contributed by atoms with Crippen LogP contribution in [0.25, 0.3) is 16.6 Å². The zero-order valence-corrected chi connectivity index (χ0v) is 19.0. The summed E-state index contributed by atoms with van der Waals surface area (Å²) in [5, 5.41) is 2.93. The molecule has 1 N–H and O–H groups in total. The van der Waals surface area contributed by atoms with Crippen LogP contribution in [0.15, 0.2) is 71.5 Å². The van der Waals surface area contributed by atoms with E-state index >= 15 is 0 Å². The minimum atomic E-state index is -0.879. The first kappa shape index (κ1) is 23.1. The van der Waals surface area contributed by atoms with Crippen molar-refractivity contribution in [1.29, 1.82) is 0 Å². The Morgan fingerprint density at radius 3 is 2.47 bits per heavy atom. The molecule has 1 atom stereocenters. The predicted molar refractivity (Wildman–Crippen MR) is 128 cm³/mol. The van der Waals surface area contributed by atoms with Crippen LogP contribution in [0.3, 0.4) is 0 Å². The summed E-state index contributed by atoms with van der Waals surface area (Å²) in [5.41, 5.74) is 1.79. The Balaban J connectivity index is 1.81. The first-order chi connectivity index (χ1) is 16.3. The van der Waals surface area contributed by atoms with Gasteiger partial charge in [0.15, 0.2) is 0 Å². The van der Waals surface area contributed by atoms with E-state index in [1.165, 1.54) is 9.47 Å². The molecule has 0 spiro atoms. The third-order valence-corrected chi connectivity index (χ3v) is 5.74. The lowest BCUT2D eigenvalue weighted by atomic mass is 10.1. The summed E-state index contributed by atoms with van der Waals surface area (Å²) in [6, 6.07) is 16.2. The molecule has 174 valence electrons. The summed E-state index contributed by atoms with van der Waals surface area (Å²) in [6.45, 7) is 3.82. The lowest BCUT2D eigenvalue weighted by Crippen LogP contribution is -2.38. The van der Waals surface area contributed by atoms with Crippen molar-refractivity contribution in [1.82, 2.24) is 14.5 Å². The number of nitrogens with zero attached hydrogens (tertiary/aromatic N) is 3. The third-order valence-electron chi connectivity index (χ3n) is 5.74. The van der Waals surface area contributed by atoms with Crippen molar-refractivity contribution in [3.05, 3.63) is 100 Å². The first-order valence-corrected chi connectivity index (χ1v) is 10.9. The molecule has 8 heteroatoms. The molecule has 0 bridgehead atoms. The molecule has 6 nitrogen and oxygen atoms in total. The van der Waals surface area contributed by atoms with Gasteiger partial charge in [-0.1, -0.05) is 36.8 Å². The summed E-state index contributed by atoms with van der Waals surface area (Å²) in [5.74, 6) is -1.24. The molecule has 3 aromatic carbocycles. The highest BCUT2D eigenvalue weighted by Crippen LogP contribution is 2.26. The smallest absolute Gasteiger partial charge is 0.317 e. The topological polar surface area (TPSA) is 67.2 Å². The van der Waals surface area contributed by atoms with Crippen molar-refractivity contribution in [3.63, 3.8) is 0 Å². The van der Waals surface area contributed by atoms with Gasteiger partial charge in [0.2, 0.25) is 0 Å². The Morgan fingerprint density at radius 1 is 1.09 bits per heavy atom. The van der Waals surface area contributed by atoms with E-state index in [0.29, 0.717) is 34.9 Å². The lowest BCUT2D eigenvalue weighted by Gasteiger charge is -2.29. The number of aryl methyl sites for hydroxylation is 1. The normalized spacial score (nSPS) is 11.9. The van der Waals surface area contributed by atoms with Gasteiger partial charge in [0.1, 0.15) is 17.5 Å². The maximum atomic E-state index is 14.1. The second kappa shape index (κ2) is 9.43. The van der Waals surface area contributed by atoms with Crippen LogP contribution >= 0.6 is 0 Å². The van der Waals surface area contributed by atoms with Crippen molar-refractivity contribution >= 4 is 22.6 Å². The zero-order chi connectivity index (χ0) is 24.4. The molecular formula is C26H24F2N4O2. The highest BCUT2D eigenvalue weighted by atomic mass is 19.1. The summed E-state index contributed by atoms with van der Waals surface area (Å²) in [4.78, 5) is 32.7. The van der Waals surface area contributed by atoms with Crippen LogP contribution in [-0.2, 0) is 0 Å². The molecule has 0 aliphatic heterocycles. The molecule has 0 saturated heterocycles. The van der Waals surface area contributed by atoms with Crippen molar-refractivity contribution in [2.45, 2.75) is 26.3 Å². The molecule has 0 saturated carbocycles. The number of urea groups is 1. The number of fused-ring (bicyclic) bond motifs is 1. The van der Waals surface area contributed by atoms with E-state index in [4.69, 9.17) is 4.98 Å². The number of carbonyl (C=O) groups excluding carboxylic acids is 1. The Labute approximate surface area is 195 Å². The van der Waals surface area contributed by atoms with Crippen LogP contribution in [0.4, 0.5) is 19.3 Å². The second-order valence-electron chi connectivity index (χ2n) is 8.05. The predicted octanol–water partition coefficient (Wildman–Crippen LogP) is 5.59. The van der Waals surface area contributed by atoms with Gasteiger partial charge in [-0.25, -0.2) is 18.6 Å². The van der Waals surface area contributed by atoms with E-state index in [2.05, 4.69) is 5.32 Å². The Hall–Kier alpha value is -4.07. The zero-order valence-electron chi connectivity index (χ0n) is 19.0. The van der Waals surface area contributed by atoms with Crippen LogP contribution in [0, 0.1) is 18.6 Å². The Morgan fingerprint density at radius 2 is 1.79 bits per heavy atom. The Bertz CT molecular complexity index is 1420. The number of anilines is 1. The van der Waals surface area contributed by atoms with Crippen molar-refractivity contribution in [2.24, 2.45) is 0 Å². The third kappa shape index (κ3) is 4.39. The molecule has 1 heterocycles. The van der Waals surface area contributed by atoms with Crippen molar-refractivity contribution in [2.75, 3.05) is 12.4 Å². The highest BCUT2D eigenvalue weighted by Gasteiger charge is 2.27. The molecule has 1 aromatic heterocycles. The molecular weight excluding hydrogens is 438 g/mol. The van der Waals surface area contributed by atoms with Crippen LogP contribution < -0.4 is 10.9 Å². The van der Waals surface area contributed by atoms with Crippen LogP contribution in [0.1, 0.15) is 30.8 Å². The van der Waals surface area contributed by atoms with E-state index < -0.39 is 23.7 Å². The number of rotatable bonds is 5. The molecule has 34 heavy (non-hydrogen) atoms. The average molecular weight is 463 g/mol. The maximum absolute atomic E-state index is 14.1. The van der Waals surface area contributed by atoms with Gasteiger partial charge >= 0.3 is 6.03 Å². The van der Waals surface area contributed by atoms with Crippen molar-refractivity contribution in [3.8, 4) is 5.69 Å². The summed E-state index contributed by atoms with van der Waals surface area (Å²) >= 11 is 0. The van der Waals surface area contributed by atoms with Gasteiger partial charge in [0.25, 0.3) is 5.56 Å². The molecule has 4 aromatic rings. The van der Waals surface area contributed by atoms with Gasteiger partial charge < -0.3 is 10.2 Å². The van der Waals surface area contributed by atoms with E-state index in [0.717, 1.165) is 17.7 Å². The highest BCUT2D eigenvalue weighted by molar-refractivity contribution is 5.89. The average Bonchev–Trinajstić information content (AvgIpc) is 2.82. The number of aromatic nitrogens is 2. The van der Waals surface area contributed by atoms with Gasteiger partial charge in [-0.15, -0.1) is 0 Å². The summed E-state index contributed by atoms with van der Waals surface area (Å²) in [6.07, 6.45) is 0.437. The number of amides is 2. The molecule has 0 aliphatic rings. The van der Waals surface area contributed by atoms with Gasteiger partial charge in [0.05, 0.1) is 28.3 Å². The van der Waals surface area contributed by atoms with Gasteiger partial charge in [-0.3, -0.25) is 9.36 Å². The minimum Gasteiger partial charge on any atom is -0.317 e. The van der Waals surface area contributed by atoms with Gasteiger partial charge in [-0.05, 0) is 49.7 Å². The molecule has 1 unspecified atom stereocenters. The number of carbonyl (C=O) groups is 1. The molecule has 4 rings (SSSR count). The standard InChI is InChI=1S/C26H24F2N4O2/c1-4-23(31(3)26(34)30-22-14-11-17(27)15-20(22)28)24-29-21-8-6-5-7-19(21)25(33)32(24)18-12-9-16(2)10-13-18/h5-15,23H,4H2,1-3H3,(H,30,34). The molecule has 2 amide bonds. The number of para-hydroxylation sites is 1. The number of nitrogens with one attached hydrogen (secondary N) is 1. The fraction of sp³-hybridized carbons (Fsp3) is 0.192. The molecule has 0 aliphatic carbocycles. The maximum Gasteiger partial charge on any atom is 0.322 e. The van der Waals surface area contributed by atoms with E-state index in [9.17, 15) is 18.4 Å².